The van der Waals surface area contributed by atoms with Gasteiger partial charge < -0.3 is 10.2 Å². The molecule has 0 heterocycles. The fraction of sp³-hybridized carbons (Fsp3) is 0. The Morgan fingerprint density at radius 3 is 1.29 bits per heavy atom. The van der Waals surface area contributed by atoms with Crippen LogP contribution in [-0.2, 0) is 25.5 Å². The van der Waals surface area contributed by atoms with E-state index in [1.54, 1.807) is 0 Å². The first-order valence-electron chi connectivity index (χ1n) is 0.855. The molecule has 0 amide bonds. The Kier molecular flexibility index (Phi) is 35.7. The van der Waals surface area contributed by atoms with Crippen molar-refractivity contribution in [3.63, 3.8) is 0 Å². The maximum absolute atomic E-state index is 8.56. The molecule has 0 atom stereocenters. The number of hydrogen-bond acceptors (Lipinski definition) is 2. The molecule has 0 aromatic rings. The minimum atomic E-state index is -1.83. The molecule has 0 aromatic carbocycles. The first-order valence-corrected chi connectivity index (χ1v) is 2.02. The van der Waals surface area contributed by atoms with Gasteiger partial charge in [0.05, 0.1) is 0 Å². The molecule has 0 unspecified atom stereocenters. The summed E-state index contributed by atoms with van der Waals surface area (Å²) in [4.78, 5) is 8.56. The van der Waals surface area contributed by atoms with Crippen molar-refractivity contribution in [1.82, 2.24) is 0 Å². The molecule has 7 heavy (non-hydrogen) atoms. The van der Waals surface area contributed by atoms with Crippen molar-refractivity contribution >= 4 is 28.7 Å². The van der Waals surface area contributed by atoms with E-state index in [9.17, 15) is 0 Å². The molecule has 0 saturated carbocycles. The van der Waals surface area contributed by atoms with E-state index < -0.39 is 6.16 Å². The van der Waals surface area contributed by atoms with Crippen LogP contribution in [0.3, 0.4) is 0 Å². The molecule has 0 spiro atoms. The van der Waals surface area contributed by atoms with Gasteiger partial charge in [0.25, 0.3) is 0 Å². The predicted molar refractivity (Wildman–Crippen MR) is 17.1 cm³/mol. The number of carbonyl (C=O) groups is 1. The van der Waals surface area contributed by atoms with Crippen molar-refractivity contribution < 1.29 is 40.5 Å². The summed E-state index contributed by atoms with van der Waals surface area (Å²) in [5.41, 5.74) is 0. The van der Waals surface area contributed by atoms with Gasteiger partial charge in [0.15, 0.2) is 0 Å². The quantitative estimate of drug-likeness (QED) is 0.604. The molecular formula is CH2AgO4Sn. The van der Waals surface area contributed by atoms with E-state index in [4.69, 9.17) is 18.1 Å². The molecule has 0 fully saturated rings. The molecule has 0 bridgehead atoms. The molecule has 0 rings (SSSR count). The summed E-state index contributed by atoms with van der Waals surface area (Å²) in [7, 11) is 0. The molecule has 0 saturated heterocycles. The van der Waals surface area contributed by atoms with Crippen LogP contribution in [0.15, 0.2) is 0 Å². The van der Waals surface area contributed by atoms with E-state index in [1.165, 1.54) is 0 Å². The summed E-state index contributed by atoms with van der Waals surface area (Å²) in [5.74, 6) is 0. The van der Waals surface area contributed by atoms with Gasteiger partial charge in [0.1, 0.15) is 0 Å². The van der Waals surface area contributed by atoms with E-state index in [0.29, 0.717) is 22.5 Å². The van der Waals surface area contributed by atoms with Gasteiger partial charge in [0.2, 0.25) is 0 Å². The zero-order valence-electron chi connectivity index (χ0n) is 3.01. The van der Waals surface area contributed by atoms with Crippen LogP contribution in [0.5, 0.6) is 0 Å². The standard InChI is InChI=1S/CH2O3.Ag.O.Sn/c2-1(3)4;;;/h(H2,2,3,4);;;. The first-order chi connectivity index (χ1) is 2.73. The zero-order chi connectivity index (χ0) is 5.58. The Hall–Kier alpha value is 0.609. The number of rotatable bonds is 0. The summed E-state index contributed by atoms with van der Waals surface area (Å²) in [6.07, 6.45) is -1.83. The Morgan fingerprint density at radius 1 is 1.29 bits per heavy atom. The fourth-order valence-electron chi connectivity index (χ4n) is 0. The van der Waals surface area contributed by atoms with Gasteiger partial charge in [-0.2, -0.15) is 0 Å². The Morgan fingerprint density at radius 2 is 1.29 bits per heavy atom. The Bertz CT molecular complexity index is 43.0. The number of hydrogen-bond donors (Lipinski definition) is 2. The van der Waals surface area contributed by atoms with Crippen molar-refractivity contribution in [2.45, 2.75) is 0 Å². The third-order valence-electron chi connectivity index (χ3n) is 0. The van der Waals surface area contributed by atoms with Gasteiger partial charge in [0, 0.05) is 22.4 Å². The molecule has 45 valence electrons. The fourth-order valence-corrected chi connectivity index (χ4v) is 0. The van der Waals surface area contributed by atoms with E-state index in [1.807, 2.05) is 0 Å². The summed E-state index contributed by atoms with van der Waals surface area (Å²) >= 11 is 0.300. The molecule has 3 radical (unpaired) electrons. The second-order valence-corrected chi connectivity index (χ2v) is 0.283. The molecule has 0 aromatic heterocycles. The van der Waals surface area contributed by atoms with E-state index in [2.05, 4.69) is 0 Å². The Balaban J connectivity index is -0.0000000480. The number of carboxylic acid groups (broad SMARTS) is 2. The average Bonchev–Trinajstić information content (AvgIpc) is 1.41. The summed E-state index contributed by atoms with van der Waals surface area (Å²) in [6.45, 7) is 0. The molecule has 0 aliphatic rings. The van der Waals surface area contributed by atoms with Crippen LogP contribution in [0, 0.1) is 0 Å². The van der Waals surface area contributed by atoms with Crippen molar-refractivity contribution in [1.29, 1.82) is 0 Å². The molecule has 4 nitrogen and oxygen atoms in total. The van der Waals surface area contributed by atoms with Crippen LogP contribution >= 0.6 is 0 Å². The average molecular weight is 305 g/mol. The SMILES string of the molecule is O=C(O)O.[Ag].[O]=[Sn]. The van der Waals surface area contributed by atoms with Crippen molar-refractivity contribution in [3.8, 4) is 0 Å². The minimum absolute atomic E-state index is 0. The van der Waals surface area contributed by atoms with Crippen LogP contribution in [0.25, 0.3) is 0 Å². The van der Waals surface area contributed by atoms with Crippen LogP contribution < -0.4 is 0 Å². The van der Waals surface area contributed by atoms with Crippen LogP contribution in [0.4, 0.5) is 4.79 Å². The van der Waals surface area contributed by atoms with Gasteiger partial charge in [-0.25, -0.2) is 4.79 Å². The van der Waals surface area contributed by atoms with E-state index in [0.717, 1.165) is 0 Å². The third-order valence-corrected chi connectivity index (χ3v) is 0. The molecule has 6 heteroatoms. The van der Waals surface area contributed by atoms with Crippen molar-refractivity contribution in [3.05, 3.63) is 0 Å². The molecule has 2 N–H and O–H groups in total. The maximum atomic E-state index is 8.56. The summed E-state index contributed by atoms with van der Waals surface area (Å²) in [5, 5.41) is 13.9. The van der Waals surface area contributed by atoms with Crippen LogP contribution in [0.2, 0.25) is 0 Å². The van der Waals surface area contributed by atoms with Gasteiger partial charge >= 0.3 is 31.7 Å². The van der Waals surface area contributed by atoms with Gasteiger partial charge in [-0.05, 0) is 0 Å². The monoisotopic (exact) mass is 305 g/mol. The normalized spacial score (nSPS) is 4.00. The van der Waals surface area contributed by atoms with Crippen LogP contribution in [0.1, 0.15) is 0 Å². The van der Waals surface area contributed by atoms with Crippen molar-refractivity contribution in [2.24, 2.45) is 0 Å². The van der Waals surface area contributed by atoms with Crippen LogP contribution in [-0.4, -0.2) is 38.9 Å². The predicted octanol–water partition coefficient (Wildman–Crippen LogP) is -0.280. The second kappa shape index (κ2) is 16.0. The second-order valence-electron chi connectivity index (χ2n) is 0.283. The molecular weight excluding hydrogens is 303 g/mol. The Labute approximate surface area is 68.9 Å². The van der Waals surface area contributed by atoms with E-state index >= 15 is 0 Å². The summed E-state index contributed by atoms with van der Waals surface area (Å²) < 4.78 is 8.34. The molecule has 0 aliphatic heterocycles. The van der Waals surface area contributed by atoms with E-state index in [-0.39, 0.29) is 22.4 Å². The molecule has 0 aliphatic carbocycles. The summed E-state index contributed by atoms with van der Waals surface area (Å²) in [6, 6.07) is 0. The zero-order valence-corrected chi connectivity index (χ0v) is 7.35. The van der Waals surface area contributed by atoms with Crippen molar-refractivity contribution in [2.75, 3.05) is 0 Å². The first kappa shape index (κ1) is 15.6. The third kappa shape index (κ3) is 379. The van der Waals surface area contributed by atoms with Gasteiger partial charge in [-0.3, -0.25) is 0 Å². The van der Waals surface area contributed by atoms with Gasteiger partial charge in [-0.15, -0.1) is 0 Å². The topological polar surface area (TPSA) is 74.6 Å². The van der Waals surface area contributed by atoms with Gasteiger partial charge in [-0.1, -0.05) is 0 Å².